The van der Waals surface area contributed by atoms with Crippen LogP contribution >= 0.6 is 0 Å². The summed E-state index contributed by atoms with van der Waals surface area (Å²) in [5, 5.41) is 4.33. The lowest BCUT2D eigenvalue weighted by Crippen LogP contribution is -2.50. The predicted molar refractivity (Wildman–Crippen MR) is 142 cm³/mol. The van der Waals surface area contributed by atoms with Crippen LogP contribution in [-0.2, 0) is 9.47 Å². The van der Waals surface area contributed by atoms with Gasteiger partial charge in [0.15, 0.2) is 0 Å². The van der Waals surface area contributed by atoms with Gasteiger partial charge in [-0.25, -0.2) is 14.6 Å². The first-order chi connectivity index (χ1) is 17.2. The van der Waals surface area contributed by atoms with Gasteiger partial charge in [-0.2, -0.15) is 0 Å². The van der Waals surface area contributed by atoms with Crippen LogP contribution in [0.4, 0.5) is 27.7 Å². The molecule has 4 rings (SSSR count). The third-order valence-electron chi connectivity index (χ3n) is 5.83. The Kier molecular flexibility index (Phi) is 7.19. The molecule has 0 bridgehead atoms. The maximum absolute atomic E-state index is 12.5. The SMILES string of the molecule is CCOC(=O)c1cccc(Nc2cc(N3CCN(C(=O)OC(C)(C)C)CC3)nc3ccccc23)c1N. The molecule has 0 atom stereocenters. The van der Waals surface area contributed by atoms with Gasteiger partial charge in [0.1, 0.15) is 11.4 Å². The molecule has 0 aliphatic carbocycles. The van der Waals surface area contributed by atoms with Crippen LogP contribution in [0.5, 0.6) is 0 Å². The number of pyridine rings is 1. The number of nitrogen functional groups attached to an aromatic ring is 1. The van der Waals surface area contributed by atoms with Crippen LogP contribution in [0.25, 0.3) is 10.9 Å². The van der Waals surface area contributed by atoms with Crippen LogP contribution in [-0.4, -0.2) is 60.3 Å². The van der Waals surface area contributed by atoms with Gasteiger partial charge in [-0.1, -0.05) is 24.3 Å². The van der Waals surface area contributed by atoms with E-state index >= 15 is 0 Å². The number of nitrogens with zero attached hydrogens (tertiary/aromatic N) is 3. The maximum atomic E-state index is 12.5. The first-order valence-corrected chi connectivity index (χ1v) is 12.1. The van der Waals surface area contributed by atoms with Gasteiger partial charge in [0, 0.05) is 37.6 Å². The Morgan fingerprint density at radius 2 is 1.75 bits per heavy atom. The molecular weight excluding hydrogens is 458 g/mol. The largest absolute Gasteiger partial charge is 0.462 e. The molecule has 3 N–H and O–H groups in total. The van der Waals surface area contributed by atoms with Crippen LogP contribution in [0.1, 0.15) is 38.1 Å². The fourth-order valence-corrected chi connectivity index (χ4v) is 4.08. The number of esters is 1. The van der Waals surface area contributed by atoms with Crippen molar-refractivity contribution in [3.8, 4) is 0 Å². The Hall–Kier alpha value is -4.01. The molecule has 2 heterocycles. The Labute approximate surface area is 211 Å². The Morgan fingerprint density at radius 1 is 1.03 bits per heavy atom. The summed E-state index contributed by atoms with van der Waals surface area (Å²) in [5.74, 6) is 0.335. The monoisotopic (exact) mass is 491 g/mol. The Balaban J connectivity index is 1.59. The minimum atomic E-state index is -0.527. The topological polar surface area (TPSA) is 110 Å². The maximum Gasteiger partial charge on any atom is 0.410 e. The first-order valence-electron chi connectivity index (χ1n) is 12.1. The van der Waals surface area contributed by atoms with E-state index in [9.17, 15) is 9.59 Å². The van der Waals surface area contributed by atoms with E-state index in [0.717, 1.165) is 22.4 Å². The normalized spacial score (nSPS) is 14.0. The second-order valence-corrected chi connectivity index (χ2v) is 9.61. The molecule has 0 spiro atoms. The van der Waals surface area contributed by atoms with Gasteiger partial charge in [-0.05, 0) is 45.9 Å². The van der Waals surface area contributed by atoms with Crippen LogP contribution in [0.15, 0.2) is 48.5 Å². The van der Waals surface area contributed by atoms with Gasteiger partial charge in [-0.15, -0.1) is 0 Å². The Morgan fingerprint density at radius 3 is 2.44 bits per heavy atom. The molecule has 1 aliphatic rings. The zero-order chi connectivity index (χ0) is 25.9. The van der Waals surface area contributed by atoms with Gasteiger partial charge >= 0.3 is 12.1 Å². The number of piperazine rings is 1. The molecule has 3 aromatic rings. The molecule has 1 saturated heterocycles. The van der Waals surface area contributed by atoms with Gasteiger partial charge in [0.25, 0.3) is 0 Å². The lowest BCUT2D eigenvalue weighted by Gasteiger charge is -2.36. The number of amides is 1. The number of rotatable bonds is 5. The number of anilines is 4. The van der Waals surface area contributed by atoms with Crippen molar-refractivity contribution in [2.24, 2.45) is 0 Å². The average Bonchev–Trinajstić information content (AvgIpc) is 2.84. The predicted octanol–water partition coefficient (Wildman–Crippen LogP) is 4.79. The van der Waals surface area contributed by atoms with E-state index in [1.165, 1.54) is 0 Å². The number of hydrogen-bond donors (Lipinski definition) is 2. The van der Waals surface area contributed by atoms with E-state index in [-0.39, 0.29) is 12.7 Å². The number of carbonyl (C=O) groups is 2. The van der Waals surface area contributed by atoms with E-state index in [2.05, 4.69) is 10.2 Å². The molecule has 0 unspecified atom stereocenters. The number of fused-ring (bicyclic) bond motifs is 1. The summed E-state index contributed by atoms with van der Waals surface area (Å²) in [6.45, 7) is 9.97. The number of nitrogens with one attached hydrogen (secondary N) is 1. The second-order valence-electron chi connectivity index (χ2n) is 9.61. The zero-order valence-corrected chi connectivity index (χ0v) is 21.2. The number of carbonyl (C=O) groups excluding carboxylic acids is 2. The quantitative estimate of drug-likeness (QED) is 0.387. The lowest BCUT2D eigenvalue weighted by atomic mass is 10.1. The standard InChI is InChI=1S/C27H33N5O4/c1-5-35-25(33)19-10-8-12-21(24(19)28)29-22-17-23(30-20-11-7-6-9-18(20)22)31-13-15-32(16-14-31)26(34)36-27(2,3)4/h6-12,17H,5,13-16,28H2,1-4H3,(H,29,30). The molecule has 9 heteroatoms. The third-order valence-corrected chi connectivity index (χ3v) is 5.83. The number of benzene rings is 2. The van der Waals surface area contributed by atoms with Crippen molar-refractivity contribution in [3.63, 3.8) is 0 Å². The number of para-hydroxylation sites is 2. The summed E-state index contributed by atoms with van der Waals surface area (Å²) in [4.78, 5) is 33.5. The molecule has 190 valence electrons. The molecule has 36 heavy (non-hydrogen) atoms. The van der Waals surface area contributed by atoms with Gasteiger partial charge < -0.3 is 30.3 Å². The first kappa shape index (κ1) is 25.1. The van der Waals surface area contributed by atoms with Crippen LogP contribution in [0, 0.1) is 0 Å². The molecule has 2 aromatic carbocycles. The molecule has 1 aliphatic heterocycles. The summed E-state index contributed by atoms with van der Waals surface area (Å²) >= 11 is 0. The minimum absolute atomic E-state index is 0.273. The molecule has 0 radical (unpaired) electrons. The van der Waals surface area contributed by atoms with Crippen molar-refractivity contribution in [1.82, 2.24) is 9.88 Å². The van der Waals surface area contributed by atoms with Crippen molar-refractivity contribution in [2.75, 3.05) is 48.7 Å². The molecule has 1 amide bonds. The molecule has 0 saturated carbocycles. The number of nitrogens with two attached hydrogens (primary N) is 1. The highest BCUT2D eigenvalue weighted by Gasteiger charge is 2.27. The second kappa shape index (κ2) is 10.3. The van der Waals surface area contributed by atoms with Crippen molar-refractivity contribution in [3.05, 3.63) is 54.1 Å². The van der Waals surface area contributed by atoms with Gasteiger partial charge in [0.2, 0.25) is 0 Å². The molecule has 1 aromatic heterocycles. The number of ether oxygens (including phenoxy) is 2. The molecule has 1 fully saturated rings. The minimum Gasteiger partial charge on any atom is -0.462 e. The third kappa shape index (κ3) is 5.62. The van der Waals surface area contributed by atoms with Crippen molar-refractivity contribution in [1.29, 1.82) is 0 Å². The fourth-order valence-electron chi connectivity index (χ4n) is 4.08. The number of hydrogen-bond acceptors (Lipinski definition) is 8. The van der Waals surface area contributed by atoms with E-state index in [0.29, 0.717) is 43.1 Å². The highest BCUT2D eigenvalue weighted by Crippen LogP contribution is 2.33. The zero-order valence-electron chi connectivity index (χ0n) is 21.2. The summed E-state index contributed by atoms with van der Waals surface area (Å²) in [7, 11) is 0. The van der Waals surface area contributed by atoms with Crippen LogP contribution in [0.2, 0.25) is 0 Å². The summed E-state index contributed by atoms with van der Waals surface area (Å²) in [6, 6.07) is 15.1. The fraction of sp³-hybridized carbons (Fsp3) is 0.370. The highest BCUT2D eigenvalue weighted by molar-refractivity contribution is 6.01. The molecular formula is C27H33N5O4. The van der Waals surface area contributed by atoms with Crippen molar-refractivity contribution >= 4 is 45.8 Å². The smallest absolute Gasteiger partial charge is 0.410 e. The van der Waals surface area contributed by atoms with E-state index < -0.39 is 11.6 Å². The molecule has 9 nitrogen and oxygen atoms in total. The lowest BCUT2D eigenvalue weighted by molar-refractivity contribution is 0.0240. The highest BCUT2D eigenvalue weighted by atomic mass is 16.6. The van der Waals surface area contributed by atoms with E-state index in [1.54, 1.807) is 24.0 Å². The average molecular weight is 492 g/mol. The summed E-state index contributed by atoms with van der Waals surface area (Å²) in [5.41, 5.74) is 8.70. The van der Waals surface area contributed by atoms with Crippen molar-refractivity contribution in [2.45, 2.75) is 33.3 Å². The summed E-state index contributed by atoms with van der Waals surface area (Å²) < 4.78 is 10.6. The summed E-state index contributed by atoms with van der Waals surface area (Å²) in [6.07, 6.45) is -0.298. The van der Waals surface area contributed by atoms with Crippen molar-refractivity contribution < 1.29 is 19.1 Å². The van der Waals surface area contributed by atoms with E-state index in [1.807, 2.05) is 57.2 Å². The van der Waals surface area contributed by atoms with Gasteiger partial charge in [-0.3, -0.25) is 0 Å². The van der Waals surface area contributed by atoms with Crippen LogP contribution in [0.3, 0.4) is 0 Å². The van der Waals surface area contributed by atoms with Gasteiger partial charge in [0.05, 0.1) is 34.7 Å². The Bertz CT molecular complexity index is 1260. The van der Waals surface area contributed by atoms with Crippen LogP contribution < -0.4 is 16.0 Å². The van der Waals surface area contributed by atoms with E-state index in [4.69, 9.17) is 20.2 Å². The number of aromatic nitrogens is 1.